The predicted octanol–water partition coefficient (Wildman–Crippen LogP) is 7.19. The zero-order valence-electron chi connectivity index (χ0n) is 21.3. The summed E-state index contributed by atoms with van der Waals surface area (Å²) in [6.45, 7) is -0.292. The molecule has 2 unspecified atom stereocenters. The van der Waals surface area contributed by atoms with Crippen LogP contribution in [0.15, 0.2) is 133 Å². The molecule has 1 saturated heterocycles. The Morgan fingerprint density at radius 2 is 1.25 bits per heavy atom. The Balaban J connectivity index is 1.44. The SMILES string of the molecule is O=C(OC1=C(COC(c2ccccc2)(c2ccccc2)c2ccccc2)O[N+]2(CC2I)C1(F)F)c1ccccc1. The van der Waals surface area contributed by atoms with Crippen LogP contribution in [0.1, 0.15) is 27.0 Å². The molecule has 0 radical (unpaired) electrons. The van der Waals surface area contributed by atoms with E-state index in [1.165, 1.54) is 12.1 Å². The van der Waals surface area contributed by atoms with Gasteiger partial charge in [-0.3, -0.25) is 0 Å². The number of carbonyl (C=O) groups excluding carboxylic acids is 1. The highest BCUT2D eigenvalue weighted by Gasteiger charge is 2.81. The number of halogens is 3. The molecule has 0 bridgehead atoms. The van der Waals surface area contributed by atoms with E-state index in [2.05, 4.69) is 0 Å². The van der Waals surface area contributed by atoms with E-state index < -0.39 is 32.1 Å². The number of alkyl halides is 3. The van der Waals surface area contributed by atoms with Crippen LogP contribution in [-0.4, -0.2) is 33.9 Å². The van der Waals surface area contributed by atoms with E-state index in [4.69, 9.17) is 14.3 Å². The summed E-state index contributed by atoms with van der Waals surface area (Å²) in [5.74, 6) is -1.91. The Morgan fingerprint density at radius 1 is 0.825 bits per heavy atom. The number of esters is 1. The van der Waals surface area contributed by atoms with Gasteiger partial charge < -0.3 is 14.3 Å². The van der Waals surface area contributed by atoms with Crippen molar-refractivity contribution >= 4 is 28.6 Å². The summed E-state index contributed by atoms with van der Waals surface area (Å²) in [5.41, 5.74) is 1.42. The second-order valence-corrected chi connectivity index (χ2v) is 11.1. The highest BCUT2D eigenvalue weighted by atomic mass is 127. The highest BCUT2D eigenvalue weighted by molar-refractivity contribution is 14.1. The molecule has 2 atom stereocenters. The van der Waals surface area contributed by atoms with Gasteiger partial charge in [-0.25, -0.2) is 4.79 Å². The number of ether oxygens (including phenoxy) is 2. The number of carbonyl (C=O) groups is 1. The first kappa shape index (κ1) is 26.6. The number of hydrogen-bond donors (Lipinski definition) is 0. The Bertz CT molecular complexity index is 1440. The zero-order chi connectivity index (χ0) is 27.8. The predicted molar refractivity (Wildman–Crippen MR) is 153 cm³/mol. The maximum absolute atomic E-state index is 15.9. The maximum Gasteiger partial charge on any atom is 0.495 e. The van der Waals surface area contributed by atoms with E-state index in [-0.39, 0.29) is 24.5 Å². The smallest absolute Gasteiger partial charge is 0.410 e. The molecule has 2 aliphatic rings. The summed E-state index contributed by atoms with van der Waals surface area (Å²) in [6.07, 6.45) is 0. The molecule has 202 valence electrons. The third-order valence-corrected chi connectivity index (χ3v) is 8.47. The molecular weight excluding hydrogens is 627 g/mol. The molecule has 0 saturated carbocycles. The third-order valence-electron chi connectivity index (χ3n) is 7.18. The van der Waals surface area contributed by atoms with Crippen LogP contribution < -0.4 is 0 Å². The first-order chi connectivity index (χ1) is 19.4. The van der Waals surface area contributed by atoms with E-state index in [1.807, 2.05) is 114 Å². The highest BCUT2D eigenvalue weighted by Crippen LogP contribution is 2.57. The van der Waals surface area contributed by atoms with Gasteiger partial charge in [0.05, 0.1) is 5.56 Å². The summed E-state index contributed by atoms with van der Waals surface area (Å²) in [5, 5.41) is 0. The number of hydroxylamine groups is 3. The van der Waals surface area contributed by atoms with Crippen molar-refractivity contribution < 1.29 is 32.5 Å². The number of rotatable bonds is 8. The standard InChI is InChI=1S/C32H25F2INO4/c33-32(34)29(39-30(37)23-13-5-1-6-14-23)27(40-36(32)21-28(36)35)22-38-31(24-15-7-2-8-16-24,25-17-9-3-10-18-25)26-19-11-4-12-20-26/h1-20,28H,21-22H2/q+1. The Morgan fingerprint density at radius 3 is 1.68 bits per heavy atom. The minimum atomic E-state index is -3.57. The van der Waals surface area contributed by atoms with E-state index in [0.717, 1.165) is 16.7 Å². The molecule has 1 fully saturated rings. The summed E-state index contributed by atoms with van der Waals surface area (Å²) in [4.78, 5) is 18.8. The average molecular weight is 652 g/mol. The van der Waals surface area contributed by atoms with Crippen LogP contribution in [0.2, 0.25) is 0 Å². The van der Waals surface area contributed by atoms with Crippen LogP contribution in [0.25, 0.3) is 0 Å². The number of quaternary nitrogens is 1. The zero-order valence-corrected chi connectivity index (χ0v) is 23.4. The van der Waals surface area contributed by atoms with Gasteiger partial charge in [0.2, 0.25) is 9.81 Å². The van der Waals surface area contributed by atoms with Crippen molar-refractivity contribution in [3.63, 3.8) is 0 Å². The number of nitrogens with zero attached hydrogens (tertiary/aromatic N) is 1. The molecule has 6 rings (SSSR count). The topological polar surface area (TPSA) is 44.8 Å². The van der Waals surface area contributed by atoms with Crippen molar-refractivity contribution in [2.75, 3.05) is 13.2 Å². The van der Waals surface area contributed by atoms with Gasteiger partial charge in [0, 0.05) is 0 Å². The van der Waals surface area contributed by atoms with Gasteiger partial charge in [-0.15, -0.1) is 8.78 Å². The fraction of sp³-hybridized carbons (Fsp3) is 0.156. The average Bonchev–Trinajstić information content (AvgIpc) is 3.62. The monoisotopic (exact) mass is 652 g/mol. The molecule has 0 amide bonds. The lowest BCUT2D eigenvalue weighted by molar-refractivity contribution is -1.05. The molecular formula is C32H25F2INO4+. The Hall–Kier alpha value is -3.60. The van der Waals surface area contributed by atoms with Crippen molar-refractivity contribution in [2.45, 2.75) is 15.7 Å². The minimum absolute atomic E-state index is 0.0741. The molecule has 5 nitrogen and oxygen atoms in total. The molecule has 2 heterocycles. The van der Waals surface area contributed by atoms with Crippen LogP contribution in [-0.2, 0) is 19.9 Å². The molecule has 4 aromatic rings. The van der Waals surface area contributed by atoms with Crippen molar-refractivity contribution in [3.05, 3.63) is 155 Å². The molecule has 4 aromatic carbocycles. The van der Waals surface area contributed by atoms with Gasteiger partial charge in [0.15, 0.2) is 6.54 Å². The van der Waals surface area contributed by atoms with Gasteiger partial charge in [0.1, 0.15) is 12.2 Å². The molecule has 0 N–H and O–H groups in total. The largest absolute Gasteiger partial charge is 0.495 e. The fourth-order valence-electron chi connectivity index (χ4n) is 5.08. The van der Waals surface area contributed by atoms with Gasteiger partial charge in [-0.2, -0.15) is 0 Å². The first-order valence-corrected chi connectivity index (χ1v) is 14.0. The van der Waals surface area contributed by atoms with E-state index in [0.29, 0.717) is 0 Å². The maximum atomic E-state index is 15.9. The minimum Gasteiger partial charge on any atom is -0.410 e. The van der Waals surface area contributed by atoms with Crippen LogP contribution in [0, 0.1) is 0 Å². The van der Waals surface area contributed by atoms with Gasteiger partial charge >= 0.3 is 12.0 Å². The van der Waals surface area contributed by atoms with Crippen LogP contribution in [0.4, 0.5) is 8.78 Å². The van der Waals surface area contributed by atoms with Crippen LogP contribution >= 0.6 is 22.6 Å². The lowest BCUT2D eigenvalue weighted by Crippen LogP contribution is -2.42. The van der Waals surface area contributed by atoms with Gasteiger partial charge in [-0.05, 0) is 56.1 Å². The third kappa shape index (κ3) is 4.40. The normalized spacial score (nSPS) is 21.2. The fourth-order valence-corrected chi connectivity index (χ4v) is 6.12. The molecule has 2 aliphatic heterocycles. The summed E-state index contributed by atoms with van der Waals surface area (Å²) < 4.78 is 42.4. The Kier molecular flexibility index (Phi) is 6.93. The first-order valence-electron chi connectivity index (χ1n) is 12.8. The number of benzene rings is 4. The molecule has 0 aromatic heterocycles. The van der Waals surface area contributed by atoms with Crippen molar-refractivity contribution in [3.8, 4) is 0 Å². The molecule has 8 heteroatoms. The van der Waals surface area contributed by atoms with Gasteiger partial charge in [-0.1, -0.05) is 109 Å². The van der Waals surface area contributed by atoms with E-state index in [1.54, 1.807) is 18.2 Å². The van der Waals surface area contributed by atoms with E-state index in [9.17, 15) is 4.79 Å². The number of hydrogen-bond acceptors (Lipinski definition) is 4. The van der Waals surface area contributed by atoms with Crippen molar-refractivity contribution in [1.29, 1.82) is 0 Å². The molecule has 1 spiro atoms. The lowest BCUT2D eigenvalue weighted by atomic mass is 9.80. The Labute approximate surface area is 244 Å². The van der Waals surface area contributed by atoms with Gasteiger partial charge in [0.25, 0.3) is 5.76 Å². The summed E-state index contributed by atoms with van der Waals surface area (Å²) in [6, 6.07) is 33.3. The van der Waals surface area contributed by atoms with Crippen molar-refractivity contribution in [1.82, 2.24) is 0 Å². The second-order valence-electron chi connectivity index (χ2n) is 9.62. The quantitative estimate of drug-likeness (QED) is 0.0385. The van der Waals surface area contributed by atoms with Crippen molar-refractivity contribution in [2.24, 2.45) is 0 Å². The molecule has 40 heavy (non-hydrogen) atoms. The van der Waals surface area contributed by atoms with Crippen LogP contribution in [0.5, 0.6) is 0 Å². The van der Waals surface area contributed by atoms with Crippen LogP contribution in [0.3, 0.4) is 0 Å². The second kappa shape index (κ2) is 10.4. The molecule has 0 aliphatic carbocycles. The summed E-state index contributed by atoms with van der Waals surface area (Å²) in [7, 11) is 0. The lowest BCUT2D eigenvalue weighted by Gasteiger charge is -2.35. The summed E-state index contributed by atoms with van der Waals surface area (Å²) >= 11 is 1.93. The van der Waals surface area contributed by atoms with E-state index >= 15 is 8.78 Å².